The number of nitrogens with zero attached hydrogens (tertiary/aromatic N) is 2. The maximum absolute atomic E-state index is 14.5. The Labute approximate surface area is 269 Å². The third-order valence-corrected chi connectivity index (χ3v) is 9.46. The lowest BCUT2D eigenvalue weighted by Gasteiger charge is -2.29. The third-order valence-electron chi connectivity index (χ3n) is 9.46. The van der Waals surface area contributed by atoms with Gasteiger partial charge in [-0.15, -0.1) is 0 Å². The molecule has 0 bridgehead atoms. The van der Waals surface area contributed by atoms with Crippen LogP contribution in [-0.4, -0.2) is 100 Å². The zero-order valence-corrected chi connectivity index (χ0v) is 26.3. The van der Waals surface area contributed by atoms with Gasteiger partial charge in [0.25, 0.3) is 0 Å². The van der Waals surface area contributed by atoms with Crippen molar-refractivity contribution in [1.29, 1.82) is 0 Å². The number of H-pyrrole nitrogens is 2. The molecule has 5 N–H and O–H groups in total. The van der Waals surface area contributed by atoms with Gasteiger partial charge in [-0.25, -0.2) is 13.2 Å². The first kappa shape index (κ1) is 32.6. The summed E-state index contributed by atoms with van der Waals surface area (Å²) in [6.07, 6.45) is 0.102. The molecule has 2 aliphatic heterocycles. The van der Waals surface area contributed by atoms with Crippen LogP contribution in [0.4, 0.5) is 13.2 Å². The number of aliphatic hydroxyl groups excluding tert-OH is 1. The maximum atomic E-state index is 14.5. The topological polar surface area (TPSA) is 134 Å². The summed E-state index contributed by atoms with van der Waals surface area (Å²) in [5, 5.41) is 17.7. The summed E-state index contributed by atoms with van der Waals surface area (Å²) in [4.78, 5) is 47.6. The summed E-state index contributed by atoms with van der Waals surface area (Å²) in [6, 6.07) is 7.10. The van der Waals surface area contributed by atoms with Crippen molar-refractivity contribution in [1.82, 2.24) is 30.4 Å². The Hall–Kier alpha value is -4.36. The van der Waals surface area contributed by atoms with Gasteiger partial charge in [0.15, 0.2) is 0 Å². The predicted octanol–water partition coefficient (Wildman–Crippen LogP) is 3.32. The Bertz CT molecular complexity index is 1810. The lowest BCUT2D eigenvalue weighted by molar-refractivity contribution is -0.137. The number of likely N-dealkylation sites (tertiary alicyclic amines) is 2. The van der Waals surface area contributed by atoms with E-state index >= 15 is 0 Å². The number of nitrogens with one attached hydrogen (secondary N) is 4. The molecule has 0 radical (unpaired) electrons. The largest absolute Gasteiger partial charge is 0.391 e. The van der Waals surface area contributed by atoms with E-state index in [-0.39, 0.29) is 44.3 Å². The van der Waals surface area contributed by atoms with Crippen LogP contribution < -0.4 is 10.6 Å². The fourth-order valence-corrected chi connectivity index (χ4v) is 7.29. The van der Waals surface area contributed by atoms with Crippen molar-refractivity contribution >= 4 is 40.0 Å². The van der Waals surface area contributed by atoms with Crippen LogP contribution in [0, 0.1) is 11.6 Å². The van der Waals surface area contributed by atoms with Gasteiger partial charge in [0, 0.05) is 46.9 Å². The van der Waals surface area contributed by atoms with Gasteiger partial charge < -0.3 is 35.5 Å². The van der Waals surface area contributed by atoms with Crippen LogP contribution in [0.15, 0.2) is 36.4 Å². The van der Waals surface area contributed by atoms with Gasteiger partial charge in [-0.3, -0.25) is 14.4 Å². The zero-order chi connectivity index (χ0) is 33.4. The van der Waals surface area contributed by atoms with E-state index in [1.807, 2.05) is 0 Å². The van der Waals surface area contributed by atoms with Crippen LogP contribution in [0.5, 0.6) is 0 Å². The molecule has 250 valence electrons. The van der Waals surface area contributed by atoms with Gasteiger partial charge in [0.05, 0.1) is 30.6 Å². The molecule has 3 amide bonds. The van der Waals surface area contributed by atoms with E-state index in [0.29, 0.717) is 58.9 Å². The van der Waals surface area contributed by atoms with Gasteiger partial charge >= 0.3 is 0 Å². The quantitative estimate of drug-likeness (QED) is 0.159. The SMILES string of the molecule is CCC(NC(=O)CNC)C(=O)N1CC(O)CC1Cc1c(-c2[nH]c3cc(F)ccc3c2CC2CC(F)CN2C=O)[nH]c2cc(F)ccc12. The summed E-state index contributed by atoms with van der Waals surface area (Å²) in [5.41, 5.74) is 3.69. The summed E-state index contributed by atoms with van der Waals surface area (Å²) >= 11 is 0. The molecule has 5 unspecified atom stereocenters. The van der Waals surface area contributed by atoms with Crippen molar-refractivity contribution in [2.24, 2.45) is 0 Å². The number of alkyl halides is 1. The van der Waals surface area contributed by atoms with E-state index in [2.05, 4.69) is 20.6 Å². The van der Waals surface area contributed by atoms with Gasteiger partial charge in [-0.2, -0.15) is 0 Å². The minimum Gasteiger partial charge on any atom is -0.391 e. The molecule has 2 aliphatic rings. The molecule has 2 aromatic carbocycles. The highest BCUT2D eigenvalue weighted by Crippen LogP contribution is 2.39. The Morgan fingerprint density at radius 3 is 2.13 bits per heavy atom. The molecule has 0 spiro atoms. The number of aromatic nitrogens is 2. The standard InChI is InChI=1S/C34H39F3N6O4/c1-3-28(39-31(46)14-38-2)34(47)43-16-23(45)11-22(43)13-27-25-7-5-19(36)10-30(25)41-33(27)32-26(12-21-8-20(37)15-42(21)17-44)24-6-4-18(35)9-29(24)40-32/h4-7,9-10,17,20-23,28,38,40-41,45H,3,8,11-16H2,1-2H3,(H,39,46). The fourth-order valence-electron chi connectivity index (χ4n) is 7.29. The molecule has 2 aromatic heterocycles. The van der Waals surface area contributed by atoms with Crippen LogP contribution in [0.3, 0.4) is 0 Å². The third kappa shape index (κ3) is 6.46. The second-order valence-electron chi connectivity index (χ2n) is 12.6. The van der Waals surface area contributed by atoms with Crippen LogP contribution in [0.2, 0.25) is 0 Å². The van der Waals surface area contributed by atoms with E-state index in [9.17, 15) is 32.7 Å². The van der Waals surface area contributed by atoms with Crippen LogP contribution in [0.1, 0.15) is 37.3 Å². The number of halogens is 3. The molecule has 2 saturated heterocycles. The predicted molar refractivity (Wildman–Crippen MR) is 171 cm³/mol. The number of β-amino-alcohol motifs (C(OH)–C–C–N with tert-alkyl or cyclic N) is 1. The van der Waals surface area contributed by atoms with E-state index in [1.54, 1.807) is 31.0 Å². The van der Waals surface area contributed by atoms with Crippen LogP contribution in [-0.2, 0) is 27.2 Å². The van der Waals surface area contributed by atoms with Crippen LogP contribution in [0.25, 0.3) is 33.2 Å². The Kier molecular flexibility index (Phi) is 9.29. The molecular weight excluding hydrogens is 613 g/mol. The van der Waals surface area contributed by atoms with E-state index < -0.39 is 42.0 Å². The number of hydrogen-bond donors (Lipinski definition) is 5. The lowest BCUT2D eigenvalue weighted by atomic mass is 9.95. The summed E-state index contributed by atoms with van der Waals surface area (Å²) in [5.74, 6) is -1.52. The molecule has 13 heteroatoms. The molecular formula is C34H39F3N6O4. The monoisotopic (exact) mass is 652 g/mol. The molecule has 4 heterocycles. The van der Waals surface area contributed by atoms with Crippen molar-refractivity contribution in [2.75, 3.05) is 26.7 Å². The molecule has 0 saturated carbocycles. The Morgan fingerprint density at radius 2 is 1.57 bits per heavy atom. The first-order chi connectivity index (χ1) is 22.6. The van der Waals surface area contributed by atoms with Gasteiger partial charge in [0.1, 0.15) is 23.8 Å². The highest BCUT2D eigenvalue weighted by Gasteiger charge is 2.39. The first-order valence-electron chi connectivity index (χ1n) is 16.0. The van der Waals surface area contributed by atoms with Crippen LogP contribution >= 0.6 is 0 Å². The van der Waals surface area contributed by atoms with Crippen molar-refractivity contribution in [3.05, 3.63) is 59.2 Å². The number of rotatable bonds is 11. The number of aromatic amines is 2. The number of carbonyl (C=O) groups is 3. The minimum atomic E-state index is -1.16. The number of benzene rings is 2. The fraction of sp³-hybridized carbons (Fsp3) is 0.441. The van der Waals surface area contributed by atoms with Crippen molar-refractivity contribution in [3.8, 4) is 11.4 Å². The maximum Gasteiger partial charge on any atom is 0.245 e. The molecule has 0 aliphatic carbocycles. The van der Waals surface area contributed by atoms with E-state index in [4.69, 9.17) is 0 Å². The Balaban J connectivity index is 1.43. The van der Waals surface area contributed by atoms with E-state index in [1.165, 1.54) is 29.2 Å². The second-order valence-corrected chi connectivity index (χ2v) is 12.6. The van der Waals surface area contributed by atoms with Crippen molar-refractivity contribution in [2.45, 2.75) is 69.4 Å². The molecule has 2 fully saturated rings. The zero-order valence-electron chi connectivity index (χ0n) is 26.3. The number of fused-ring (bicyclic) bond motifs is 2. The van der Waals surface area contributed by atoms with Crippen molar-refractivity contribution in [3.63, 3.8) is 0 Å². The lowest BCUT2D eigenvalue weighted by Crippen LogP contribution is -2.51. The molecule has 5 atom stereocenters. The average Bonchev–Trinajstić information content (AvgIpc) is 3.78. The first-order valence-corrected chi connectivity index (χ1v) is 16.0. The number of likely N-dealkylation sites (N-methyl/N-ethyl adjacent to an activating group) is 1. The van der Waals surface area contributed by atoms with Gasteiger partial charge in [-0.1, -0.05) is 6.92 Å². The summed E-state index contributed by atoms with van der Waals surface area (Å²) < 4.78 is 43.4. The van der Waals surface area contributed by atoms with Crippen molar-refractivity contribution < 1.29 is 32.7 Å². The minimum absolute atomic E-state index is 0.000563. The number of hydrogen-bond acceptors (Lipinski definition) is 5. The number of amides is 3. The number of aliphatic hydroxyl groups is 1. The smallest absolute Gasteiger partial charge is 0.245 e. The summed E-state index contributed by atoms with van der Waals surface area (Å²) in [6.45, 7) is 1.95. The van der Waals surface area contributed by atoms with Gasteiger partial charge in [-0.05, 0) is 80.3 Å². The molecule has 10 nitrogen and oxygen atoms in total. The van der Waals surface area contributed by atoms with Gasteiger partial charge in [0.2, 0.25) is 18.2 Å². The highest BCUT2D eigenvalue weighted by atomic mass is 19.1. The molecule has 4 aromatic rings. The average molecular weight is 653 g/mol. The Morgan fingerprint density at radius 1 is 0.979 bits per heavy atom. The van der Waals surface area contributed by atoms with E-state index in [0.717, 1.165) is 11.1 Å². The highest BCUT2D eigenvalue weighted by molar-refractivity contribution is 5.96. The normalized spacial score (nSPS) is 22.0. The summed E-state index contributed by atoms with van der Waals surface area (Å²) in [7, 11) is 1.64. The number of carbonyl (C=O) groups excluding carboxylic acids is 3. The molecule has 6 rings (SSSR count). The molecule has 47 heavy (non-hydrogen) atoms. The second kappa shape index (κ2) is 13.4.